The molecule has 1 saturated heterocycles. The number of likely N-dealkylation sites (N-methyl/N-ethyl adjacent to an activating group) is 1. The number of alkyl halides is 1. The highest BCUT2D eigenvalue weighted by molar-refractivity contribution is 9.09. The van der Waals surface area contributed by atoms with E-state index in [1.54, 1.807) is 16.8 Å². The van der Waals surface area contributed by atoms with Gasteiger partial charge in [-0.3, -0.25) is 9.80 Å². The highest BCUT2D eigenvalue weighted by Gasteiger charge is 2.25. The number of anilines is 2. The molecule has 1 aliphatic rings. The van der Waals surface area contributed by atoms with Crippen LogP contribution in [0.1, 0.15) is 0 Å². The summed E-state index contributed by atoms with van der Waals surface area (Å²) in [5, 5.41) is 4.17. The minimum Gasteiger partial charge on any atom is -0.400 e. The fourth-order valence-corrected chi connectivity index (χ4v) is 3.12. The quantitative estimate of drug-likeness (QED) is 0.348. The van der Waals surface area contributed by atoms with Gasteiger partial charge in [-0.05, 0) is 7.05 Å². The molecule has 5 N–H and O–H groups in total. The summed E-state index contributed by atoms with van der Waals surface area (Å²) in [5.74, 6) is 4.35. The van der Waals surface area contributed by atoms with Crippen molar-refractivity contribution in [3.8, 4) is 0 Å². The smallest absolute Gasteiger partial charge is 0.233 e. The number of halogens is 3. The minimum absolute atomic E-state index is 0.0364. The summed E-state index contributed by atoms with van der Waals surface area (Å²) in [6.45, 7) is 1.93. The largest absolute Gasteiger partial charge is 0.400 e. The van der Waals surface area contributed by atoms with Gasteiger partial charge in [-0.1, -0.05) is 15.9 Å². The third-order valence-electron chi connectivity index (χ3n) is 4.05. The predicted octanol–water partition coefficient (Wildman–Crippen LogP) is 0.708. The summed E-state index contributed by atoms with van der Waals surface area (Å²) < 4.78 is 29.1. The molecule has 0 bridgehead atoms. The molecule has 1 aromatic carbocycles. The molecule has 0 aliphatic carbocycles. The monoisotopic (exact) mass is 432 g/mol. The topological polar surface area (TPSA) is 90.9 Å². The van der Waals surface area contributed by atoms with Gasteiger partial charge in [-0.15, -0.1) is 0 Å². The van der Waals surface area contributed by atoms with Gasteiger partial charge >= 0.3 is 0 Å². The van der Waals surface area contributed by atoms with E-state index in [0.29, 0.717) is 38.4 Å². The predicted molar refractivity (Wildman–Crippen MR) is 102 cm³/mol. The first-order chi connectivity index (χ1) is 12.4. The molecular weight excluding hydrogens is 410 g/mol. The number of carbonyl (C=O) groups is 1. The lowest BCUT2D eigenvalue weighted by Gasteiger charge is -2.36. The van der Waals surface area contributed by atoms with Crippen LogP contribution in [-0.4, -0.2) is 55.9 Å². The number of rotatable bonds is 6. The molecule has 0 saturated carbocycles. The Balaban J connectivity index is 2.15. The van der Waals surface area contributed by atoms with Crippen molar-refractivity contribution in [2.75, 3.05) is 55.0 Å². The Morgan fingerprint density at radius 2 is 1.88 bits per heavy atom. The summed E-state index contributed by atoms with van der Waals surface area (Å²) in [6, 6.07) is 2.33. The third-order valence-corrected chi connectivity index (χ3v) is 4.53. The third kappa shape index (κ3) is 4.83. The van der Waals surface area contributed by atoms with Crippen LogP contribution >= 0.6 is 15.9 Å². The molecule has 7 nitrogen and oxygen atoms in total. The molecule has 0 aromatic heterocycles. The van der Waals surface area contributed by atoms with Crippen LogP contribution in [-0.2, 0) is 4.79 Å². The van der Waals surface area contributed by atoms with Crippen molar-refractivity contribution in [2.24, 2.45) is 11.6 Å². The van der Waals surface area contributed by atoms with E-state index in [1.807, 2.05) is 0 Å². The molecule has 10 heteroatoms. The number of amides is 1. The zero-order chi connectivity index (χ0) is 19.3. The van der Waals surface area contributed by atoms with E-state index in [2.05, 4.69) is 21.2 Å². The summed E-state index contributed by atoms with van der Waals surface area (Å²) in [4.78, 5) is 14.9. The SMILES string of the molecule is CNC/C(N)=C/N(N)c1cc(F)c(N2CCN(C(=O)CBr)CC2)c(F)c1. The second-order valence-electron chi connectivity index (χ2n) is 5.90. The Morgan fingerprint density at radius 1 is 1.31 bits per heavy atom. The number of hydrogen-bond acceptors (Lipinski definition) is 6. The summed E-state index contributed by atoms with van der Waals surface area (Å²) >= 11 is 3.12. The molecule has 1 aliphatic heterocycles. The molecule has 1 amide bonds. The van der Waals surface area contributed by atoms with Crippen molar-refractivity contribution in [1.82, 2.24) is 10.2 Å². The van der Waals surface area contributed by atoms with Gasteiger partial charge in [0.25, 0.3) is 0 Å². The first-order valence-corrected chi connectivity index (χ1v) is 9.22. The standard InChI is InChI=1S/C16H23BrF2N6O/c1-22-9-11(20)10-25(21)12-6-13(18)16(14(19)7-12)24-4-2-23(3-5-24)15(26)8-17/h6-7,10,22H,2-5,8-9,20-21H2,1H3/b11-10-. The van der Waals surface area contributed by atoms with E-state index in [4.69, 9.17) is 11.6 Å². The van der Waals surface area contributed by atoms with Gasteiger partial charge in [0.1, 0.15) is 5.69 Å². The van der Waals surface area contributed by atoms with E-state index < -0.39 is 11.6 Å². The van der Waals surface area contributed by atoms with Crippen LogP contribution in [0, 0.1) is 11.6 Å². The molecule has 1 fully saturated rings. The summed E-state index contributed by atoms with van der Waals surface area (Å²) in [6.07, 6.45) is 1.40. The van der Waals surface area contributed by atoms with Crippen molar-refractivity contribution >= 4 is 33.2 Å². The lowest BCUT2D eigenvalue weighted by atomic mass is 10.2. The van der Waals surface area contributed by atoms with E-state index >= 15 is 0 Å². The molecule has 2 rings (SSSR count). The van der Waals surface area contributed by atoms with Crippen molar-refractivity contribution in [2.45, 2.75) is 0 Å². The lowest BCUT2D eigenvalue weighted by Crippen LogP contribution is -2.49. The number of piperazine rings is 1. The maximum Gasteiger partial charge on any atom is 0.233 e. The Hall–Kier alpha value is -1.91. The Bertz CT molecular complexity index is 656. The number of hydrogen-bond donors (Lipinski definition) is 3. The molecule has 0 radical (unpaired) electrons. The maximum atomic E-state index is 14.5. The van der Waals surface area contributed by atoms with Gasteiger partial charge in [-0.25, -0.2) is 14.6 Å². The first kappa shape index (κ1) is 20.4. The molecule has 144 valence electrons. The average molecular weight is 433 g/mol. The molecule has 0 atom stereocenters. The number of benzene rings is 1. The second-order valence-corrected chi connectivity index (χ2v) is 6.46. The normalized spacial score (nSPS) is 15.3. The van der Waals surface area contributed by atoms with Crippen molar-refractivity contribution in [1.29, 1.82) is 0 Å². The van der Waals surface area contributed by atoms with Crippen molar-refractivity contribution in [3.05, 3.63) is 35.7 Å². The number of nitrogens with zero attached hydrogens (tertiary/aromatic N) is 3. The second kappa shape index (κ2) is 9.15. The molecule has 0 unspecified atom stereocenters. The Labute approximate surface area is 159 Å². The van der Waals surface area contributed by atoms with Crippen molar-refractivity contribution < 1.29 is 13.6 Å². The maximum absolute atomic E-state index is 14.5. The number of nitrogens with one attached hydrogen (secondary N) is 1. The van der Waals surface area contributed by atoms with Crippen LogP contribution in [0.25, 0.3) is 0 Å². The zero-order valence-electron chi connectivity index (χ0n) is 14.5. The number of hydrazine groups is 1. The summed E-state index contributed by atoms with van der Waals surface area (Å²) in [7, 11) is 1.72. The van der Waals surface area contributed by atoms with Crippen molar-refractivity contribution in [3.63, 3.8) is 0 Å². The first-order valence-electron chi connectivity index (χ1n) is 8.09. The van der Waals surface area contributed by atoms with Crippen LogP contribution in [0.5, 0.6) is 0 Å². The van der Waals surface area contributed by atoms with Gasteiger partial charge in [0.2, 0.25) is 5.91 Å². The number of carbonyl (C=O) groups excluding carboxylic acids is 1. The van der Waals surface area contributed by atoms with Gasteiger partial charge < -0.3 is 20.9 Å². The molecule has 1 aromatic rings. The Kier molecular flexibility index (Phi) is 7.18. The summed E-state index contributed by atoms with van der Waals surface area (Å²) in [5.41, 5.74) is 6.20. The highest BCUT2D eigenvalue weighted by Crippen LogP contribution is 2.29. The van der Waals surface area contributed by atoms with Crippen LogP contribution in [0.4, 0.5) is 20.2 Å². The highest BCUT2D eigenvalue weighted by atomic mass is 79.9. The molecule has 1 heterocycles. The van der Waals surface area contributed by atoms with Crippen LogP contribution in [0.15, 0.2) is 24.0 Å². The fraction of sp³-hybridized carbons (Fsp3) is 0.438. The van der Waals surface area contributed by atoms with Crippen LogP contribution in [0.2, 0.25) is 0 Å². The average Bonchev–Trinajstić information content (AvgIpc) is 2.61. The lowest BCUT2D eigenvalue weighted by molar-refractivity contribution is -0.128. The van der Waals surface area contributed by atoms with Gasteiger partial charge in [0.15, 0.2) is 11.6 Å². The molecular formula is C16H23BrF2N6O. The van der Waals surface area contributed by atoms with Crippen LogP contribution in [0.3, 0.4) is 0 Å². The molecule has 26 heavy (non-hydrogen) atoms. The Morgan fingerprint density at radius 3 is 2.38 bits per heavy atom. The van der Waals surface area contributed by atoms with E-state index in [-0.39, 0.29) is 22.6 Å². The van der Waals surface area contributed by atoms with Gasteiger partial charge in [0, 0.05) is 56.8 Å². The van der Waals surface area contributed by atoms with E-state index in [9.17, 15) is 13.6 Å². The van der Waals surface area contributed by atoms with Gasteiger partial charge in [0.05, 0.1) is 11.0 Å². The van der Waals surface area contributed by atoms with E-state index in [0.717, 1.165) is 17.1 Å². The fourth-order valence-electron chi connectivity index (χ4n) is 2.77. The van der Waals surface area contributed by atoms with Crippen LogP contribution < -0.4 is 26.8 Å². The zero-order valence-corrected chi connectivity index (χ0v) is 16.1. The number of nitrogens with two attached hydrogens (primary N) is 2. The van der Waals surface area contributed by atoms with E-state index in [1.165, 1.54) is 6.20 Å². The minimum atomic E-state index is -0.712. The van der Waals surface area contributed by atoms with Gasteiger partial charge in [-0.2, -0.15) is 0 Å². The molecule has 0 spiro atoms.